The molecule has 1 saturated heterocycles. The average molecular weight is 468 g/mol. The van der Waals surface area contributed by atoms with Gasteiger partial charge in [0.15, 0.2) is 5.82 Å². The molecule has 1 fully saturated rings. The second-order valence-corrected chi connectivity index (χ2v) is 10.3. The van der Waals surface area contributed by atoms with Crippen molar-refractivity contribution in [2.24, 2.45) is 5.41 Å². The molecule has 1 aliphatic heterocycles. The lowest BCUT2D eigenvalue weighted by atomic mass is 9.83. The third-order valence-corrected chi connectivity index (χ3v) is 6.94. The van der Waals surface area contributed by atoms with Crippen molar-refractivity contribution < 1.29 is 14.6 Å². The fourth-order valence-electron chi connectivity index (χ4n) is 5.07. The first kappa shape index (κ1) is 24.3. The number of hydrogen-bond acceptors (Lipinski definition) is 5. The first-order valence-corrected chi connectivity index (χ1v) is 12.3. The fraction of sp³-hybridized carbons (Fsp3) is 0.577. The van der Waals surface area contributed by atoms with Crippen molar-refractivity contribution in [1.82, 2.24) is 19.4 Å². The van der Waals surface area contributed by atoms with E-state index < -0.39 is 6.09 Å². The van der Waals surface area contributed by atoms with Crippen LogP contribution in [0.25, 0.3) is 21.9 Å². The fourth-order valence-corrected chi connectivity index (χ4v) is 5.07. The Bertz CT molecular complexity index is 1170. The summed E-state index contributed by atoms with van der Waals surface area (Å²) < 4.78 is 8.18. The molecule has 1 aliphatic rings. The molecule has 2 atom stereocenters. The lowest BCUT2D eigenvalue weighted by Crippen LogP contribution is -2.48. The van der Waals surface area contributed by atoms with Crippen LogP contribution in [0.3, 0.4) is 0 Å². The number of hydrogen-bond donors (Lipinski definition) is 2. The molecule has 2 aromatic heterocycles. The van der Waals surface area contributed by atoms with E-state index in [2.05, 4.69) is 43.3 Å². The second-order valence-electron chi connectivity index (χ2n) is 10.3. The zero-order chi connectivity index (χ0) is 24.5. The molecular formula is C26H37N5O3. The maximum Gasteiger partial charge on any atom is 0.407 e. The van der Waals surface area contributed by atoms with Crippen molar-refractivity contribution >= 4 is 33.8 Å². The number of benzene rings is 1. The van der Waals surface area contributed by atoms with E-state index in [1.165, 1.54) is 0 Å². The number of nitrogens with two attached hydrogens (primary N) is 1. The maximum absolute atomic E-state index is 12.1. The van der Waals surface area contributed by atoms with Crippen LogP contribution in [0.5, 0.6) is 0 Å². The van der Waals surface area contributed by atoms with Gasteiger partial charge in [-0.15, -0.1) is 0 Å². The van der Waals surface area contributed by atoms with Gasteiger partial charge in [0.2, 0.25) is 0 Å². The number of unbranched alkanes of at least 4 members (excludes halogenated alkanes) is 1. The summed E-state index contributed by atoms with van der Waals surface area (Å²) >= 11 is 0. The van der Waals surface area contributed by atoms with Crippen LogP contribution in [0.2, 0.25) is 0 Å². The smallest absolute Gasteiger partial charge is 0.407 e. The summed E-state index contributed by atoms with van der Waals surface area (Å²) in [7, 11) is 0. The van der Waals surface area contributed by atoms with Crippen LogP contribution in [-0.2, 0) is 17.7 Å². The van der Waals surface area contributed by atoms with E-state index in [1.54, 1.807) is 4.90 Å². The van der Waals surface area contributed by atoms with Crippen LogP contribution >= 0.6 is 0 Å². The number of imidazole rings is 1. The number of anilines is 1. The number of para-hydroxylation sites is 1. The lowest BCUT2D eigenvalue weighted by Gasteiger charge is -2.41. The Kier molecular flexibility index (Phi) is 6.98. The number of fused-ring (bicyclic) bond motifs is 3. The first-order valence-electron chi connectivity index (χ1n) is 12.3. The molecule has 1 amide bonds. The largest absolute Gasteiger partial charge is 0.465 e. The summed E-state index contributed by atoms with van der Waals surface area (Å²) in [6, 6.07) is 8.00. The maximum atomic E-state index is 12.1. The molecule has 3 heterocycles. The number of nitrogen functional groups attached to an aromatic ring is 1. The highest BCUT2D eigenvalue weighted by atomic mass is 16.5. The molecule has 0 bridgehead atoms. The number of aromatic nitrogens is 3. The van der Waals surface area contributed by atoms with E-state index in [4.69, 9.17) is 15.5 Å². The zero-order valence-corrected chi connectivity index (χ0v) is 20.8. The van der Waals surface area contributed by atoms with Crippen LogP contribution in [-0.4, -0.2) is 55.9 Å². The Balaban J connectivity index is 1.48. The van der Waals surface area contributed by atoms with Gasteiger partial charge in [-0.25, -0.2) is 14.8 Å². The molecule has 0 saturated carbocycles. The van der Waals surface area contributed by atoms with Crippen molar-refractivity contribution in [1.29, 1.82) is 0 Å². The molecule has 0 spiro atoms. The van der Waals surface area contributed by atoms with Crippen molar-refractivity contribution in [3.8, 4) is 0 Å². The Hall–Kier alpha value is -2.87. The van der Waals surface area contributed by atoms with Crippen molar-refractivity contribution in [3.63, 3.8) is 0 Å². The van der Waals surface area contributed by atoms with Crippen molar-refractivity contribution in [2.75, 3.05) is 18.9 Å². The van der Waals surface area contributed by atoms with Crippen molar-refractivity contribution in [3.05, 3.63) is 30.1 Å². The molecule has 0 aliphatic carbocycles. The number of carboxylic acid groups (broad SMARTS) is 1. The highest BCUT2D eigenvalue weighted by Crippen LogP contribution is 2.32. The Labute approximate surface area is 201 Å². The summed E-state index contributed by atoms with van der Waals surface area (Å²) in [5.41, 5.74) is 8.87. The highest BCUT2D eigenvalue weighted by molar-refractivity contribution is 6.06. The van der Waals surface area contributed by atoms with E-state index in [9.17, 15) is 9.90 Å². The van der Waals surface area contributed by atoms with Gasteiger partial charge in [0.1, 0.15) is 11.3 Å². The Morgan fingerprint density at radius 3 is 2.74 bits per heavy atom. The third-order valence-electron chi connectivity index (χ3n) is 6.94. The molecule has 8 nitrogen and oxygen atoms in total. The van der Waals surface area contributed by atoms with Crippen molar-refractivity contribution in [2.45, 2.75) is 78.5 Å². The number of pyridine rings is 1. The van der Waals surface area contributed by atoms with Crippen LogP contribution in [0, 0.1) is 5.41 Å². The van der Waals surface area contributed by atoms with Crippen LogP contribution in [0.1, 0.15) is 59.2 Å². The average Bonchev–Trinajstić information content (AvgIpc) is 3.18. The normalized spacial score (nSPS) is 19.1. The summed E-state index contributed by atoms with van der Waals surface area (Å²) in [4.78, 5) is 23.0. The van der Waals surface area contributed by atoms with Gasteiger partial charge in [0.25, 0.3) is 0 Å². The summed E-state index contributed by atoms with van der Waals surface area (Å²) in [5.74, 6) is 1.43. The minimum absolute atomic E-state index is 0.00134. The molecule has 184 valence electrons. The Morgan fingerprint density at radius 1 is 1.26 bits per heavy atom. The Morgan fingerprint density at radius 2 is 2.03 bits per heavy atom. The van der Waals surface area contributed by atoms with Crippen LogP contribution in [0.15, 0.2) is 24.3 Å². The van der Waals surface area contributed by atoms with Gasteiger partial charge in [-0.3, -0.25) is 0 Å². The van der Waals surface area contributed by atoms with Gasteiger partial charge in [-0.1, -0.05) is 45.9 Å². The second kappa shape index (κ2) is 9.78. The topological polar surface area (TPSA) is 106 Å². The molecule has 2 unspecified atom stereocenters. The molecule has 34 heavy (non-hydrogen) atoms. The predicted octanol–water partition coefficient (Wildman–Crippen LogP) is 5.08. The van der Waals surface area contributed by atoms with E-state index in [0.29, 0.717) is 19.0 Å². The van der Waals surface area contributed by atoms with Gasteiger partial charge in [0.05, 0.1) is 17.1 Å². The lowest BCUT2D eigenvalue weighted by molar-refractivity contribution is -0.0735. The molecule has 1 aromatic carbocycles. The monoisotopic (exact) mass is 467 g/mol. The van der Waals surface area contributed by atoms with Gasteiger partial charge >= 0.3 is 6.09 Å². The van der Waals surface area contributed by atoms with E-state index in [0.717, 1.165) is 66.4 Å². The first-order chi connectivity index (χ1) is 16.2. The van der Waals surface area contributed by atoms with Crippen LogP contribution < -0.4 is 5.73 Å². The van der Waals surface area contributed by atoms with Gasteiger partial charge in [-0.2, -0.15) is 0 Å². The number of carbonyl (C=O) groups is 1. The third kappa shape index (κ3) is 4.82. The summed E-state index contributed by atoms with van der Waals surface area (Å²) in [5, 5.41) is 11.0. The van der Waals surface area contributed by atoms with E-state index >= 15 is 0 Å². The molecule has 3 aromatic rings. The summed E-state index contributed by atoms with van der Waals surface area (Å²) in [6.07, 6.45) is 3.16. The quantitative estimate of drug-likeness (QED) is 0.469. The number of rotatable bonds is 7. The van der Waals surface area contributed by atoms with Gasteiger partial charge in [-0.05, 0) is 37.2 Å². The standard InChI is InChI=1S/C26H37N5O3/c1-5-21-29-22-23(18-10-6-7-11-19(18)28-24(22)27)31(21)14-9-8-13-30(25(32)33)17-12-15-34-20(16-17)26(2,3)4/h6-7,10-11,17,20H,5,8-9,12-16H2,1-4H3,(H2,27,28)(H,32,33). The zero-order valence-electron chi connectivity index (χ0n) is 20.8. The minimum atomic E-state index is -0.841. The SMILES string of the molecule is CCc1nc2c(N)nc3ccccc3c2n1CCCCN(C(=O)O)C1CCOC(C(C)(C)C)C1. The highest BCUT2D eigenvalue weighted by Gasteiger charge is 2.35. The predicted molar refractivity (Wildman–Crippen MR) is 135 cm³/mol. The van der Waals surface area contributed by atoms with E-state index in [1.807, 2.05) is 18.2 Å². The number of ether oxygens (including phenoxy) is 1. The summed E-state index contributed by atoms with van der Waals surface area (Å²) in [6.45, 7) is 10.4. The molecule has 0 radical (unpaired) electrons. The van der Waals surface area contributed by atoms with Crippen LogP contribution in [0.4, 0.5) is 10.6 Å². The molecule has 4 rings (SSSR count). The number of nitrogens with zero attached hydrogens (tertiary/aromatic N) is 4. The minimum Gasteiger partial charge on any atom is -0.465 e. The molecule has 8 heteroatoms. The molecular weight excluding hydrogens is 430 g/mol. The number of aryl methyl sites for hydroxylation is 2. The van der Waals surface area contributed by atoms with Gasteiger partial charge in [0, 0.05) is 37.5 Å². The molecule has 3 N–H and O–H groups in total. The van der Waals surface area contributed by atoms with E-state index in [-0.39, 0.29) is 17.6 Å². The number of amides is 1. The van der Waals surface area contributed by atoms with Gasteiger partial charge < -0.3 is 25.0 Å².